The van der Waals surface area contributed by atoms with E-state index >= 15 is 0 Å². The van der Waals surface area contributed by atoms with Gasteiger partial charge in [-0.05, 0) is 75.7 Å². The van der Waals surface area contributed by atoms with Gasteiger partial charge in [0.05, 0.1) is 7.11 Å². The van der Waals surface area contributed by atoms with Crippen molar-refractivity contribution in [2.75, 3.05) is 20.3 Å². The van der Waals surface area contributed by atoms with Gasteiger partial charge in [-0.25, -0.2) is 0 Å². The second-order valence-corrected chi connectivity index (χ2v) is 9.61. The van der Waals surface area contributed by atoms with Crippen molar-refractivity contribution in [1.82, 2.24) is 4.90 Å². The van der Waals surface area contributed by atoms with Crippen molar-refractivity contribution >= 4 is 17.3 Å². The van der Waals surface area contributed by atoms with Crippen molar-refractivity contribution in [2.24, 2.45) is 0 Å². The SMILES string of the molecule is COc1ccc(-c2oc3cc(C=O)ccc3c2Cc2ccc(OCCN(C(C)C)C(C)C)cc2)cc1. The molecular formula is C31H35NO4. The van der Waals surface area contributed by atoms with Gasteiger partial charge in [-0.15, -0.1) is 0 Å². The molecule has 0 saturated heterocycles. The van der Waals surface area contributed by atoms with E-state index in [2.05, 4.69) is 44.7 Å². The van der Waals surface area contributed by atoms with Crippen LogP contribution in [0.5, 0.6) is 11.5 Å². The van der Waals surface area contributed by atoms with Gasteiger partial charge in [0, 0.05) is 47.1 Å². The van der Waals surface area contributed by atoms with E-state index in [1.165, 1.54) is 0 Å². The summed E-state index contributed by atoms with van der Waals surface area (Å²) in [5.74, 6) is 2.47. The highest BCUT2D eigenvalue weighted by molar-refractivity contribution is 5.92. The summed E-state index contributed by atoms with van der Waals surface area (Å²) in [6, 6.07) is 22.7. The van der Waals surface area contributed by atoms with E-state index in [0.29, 0.717) is 36.3 Å². The van der Waals surface area contributed by atoms with Crippen LogP contribution in [0, 0.1) is 0 Å². The fraction of sp³-hybridized carbons (Fsp3) is 0.323. The third-order valence-electron chi connectivity index (χ3n) is 6.55. The predicted octanol–water partition coefficient (Wildman–Crippen LogP) is 7.01. The molecule has 0 aliphatic rings. The van der Waals surface area contributed by atoms with Crippen LogP contribution in [0.15, 0.2) is 71.1 Å². The Kier molecular flexibility index (Phi) is 8.11. The van der Waals surface area contributed by atoms with Gasteiger partial charge in [-0.3, -0.25) is 9.69 Å². The smallest absolute Gasteiger partial charge is 0.150 e. The molecular weight excluding hydrogens is 450 g/mol. The van der Waals surface area contributed by atoms with Gasteiger partial charge in [0.25, 0.3) is 0 Å². The maximum absolute atomic E-state index is 11.3. The molecule has 0 N–H and O–H groups in total. The molecule has 4 rings (SSSR count). The molecule has 1 heterocycles. The van der Waals surface area contributed by atoms with Gasteiger partial charge in [-0.1, -0.05) is 24.3 Å². The molecule has 5 heteroatoms. The quantitative estimate of drug-likeness (QED) is 0.214. The van der Waals surface area contributed by atoms with Crippen LogP contribution < -0.4 is 9.47 Å². The lowest BCUT2D eigenvalue weighted by Crippen LogP contribution is -2.39. The molecule has 5 nitrogen and oxygen atoms in total. The zero-order valence-electron chi connectivity index (χ0n) is 21.8. The summed E-state index contributed by atoms with van der Waals surface area (Å²) in [7, 11) is 1.65. The highest BCUT2D eigenvalue weighted by atomic mass is 16.5. The molecule has 0 bridgehead atoms. The monoisotopic (exact) mass is 485 g/mol. The number of nitrogens with zero attached hydrogens (tertiary/aromatic N) is 1. The van der Waals surface area contributed by atoms with Crippen molar-refractivity contribution < 1.29 is 18.7 Å². The number of fused-ring (bicyclic) bond motifs is 1. The molecule has 0 amide bonds. The number of hydrogen-bond donors (Lipinski definition) is 0. The Morgan fingerprint density at radius 1 is 0.889 bits per heavy atom. The molecule has 188 valence electrons. The third-order valence-corrected chi connectivity index (χ3v) is 6.55. The molecule has 0 aliphatic carbocycles. The minimum absolute atomic E-state index is 0.489. The first-order valence-corrected chi connectivity index (χ1v) is 12.5. The molecule has 0 atom stereocenters. The Balaban J connectivity index is 1.56. The van der Waals surface area contributed by atoms with E-state index in [1.807, 2.05) is 48.5 Å². The summed E-state index contributed by atoms with van der Waals surface area (Å²) in [4.78, 5) is 13.7. The summed E-state index contributed by atoms with van der Waals surface area (Å²) >= 11 is 0. The fourth-order valence-electron chi connectivity index (χ4n) is 4.68. The molecule has 3 aromatic carbocycles. The zero-order valence-corrected chi connectivity index (χ0v) is 21.8. The van der Waals surface area contributed by atoms with Gasteiger partial charge in [-0.2, -0.15) is 0 Å². The Labute approximate surface area is 213 Å². The summed E-state index contributed by atoms with van der Waals surface area (Å²) in [5.41, 5.74) is 4.52. The van der Waals surface area contributed by atoms with E-state index in [9.17, 15) is 4.79 Å². The number of aldehydes is 1. The number of rotatable bonds is 11. The van der Waals surface area contributed by atoms with E-state index in [1.54, 1.807) is 13.2 Å². The first kappa shape index (κ1) is 25.5. The van der Waals surface area contributed by atoms with E-state index in [-0.39, 0.29) is 0 Å². The number of ether oxygens (including phenoxy) is 2. The minimum Gasteiger partial charge on any atom is -0.497 e. The Morgan fingerprint density at radius 3 is 2.17 bits per heavy atom. The molecule has 0 spiro atoms. The van der Waals surface area contributed by atoms with Crippen LogP contribution in [-0.2, 0) is 6.42 Å². The Bertz CT molecular complexity index is 1280. The van der Waals surface area contributed by atoms with Crippen LogP contribution in [0.3, 0.4) is 0 Å². The summed E-state index contributed by atoms with van der Waals surface area (Å²) in [6.45, 7) is 10.4. The van der Waals surface area contributed by atoms with Gasteiger partial charge in [0.1, 0.15) is 35.7 Å². The molecule has 0 aliphatic heterocycles. The van der Waals surface area contributed by atoms with Crippen LogP contribution >= 0.6 is 0 Å². The first-order valence-electron chi connectivity index (χ1n) is 12.5. The standard InChI is InChI=1S/C31H35NO4/c1-21(2)32(22(3)4)16-17-35-27-11-6-23(7-12-27)18-29-28-15-8-24(20-33)19-30(28)36-31(29)25-9-13-26(34-5)14-10-25/h6-15,19-22H,16-18H2,1-5H3. The average Bonchev–Trinajstić information content (AvgIpc) is 3.24. The van der Waals surface area contributed by atoms with Crippen molar-refractivity contribution in [1.29, 1.82) is 0 Å². The fourth-order valence-corrected chi connectivity index (χ4v) is 4.68. The number of furan rings is 1. The van der Waals surface area contributed by atoms with E-state index in [4.69, 9.17) is 13.9 Å². The van der Waals surface area contributed by atoms with Gasteiger partial charge in [0.15, 0.2) is 0 Å². The second kappa shape index (κ2) is 11.4. The average molecular weight is 486 g/mol. The van der Waals surface area contributed by atoms with E-state index in [0.717, 1.165) is 52.2 Å². The van der Waals surface area contributed by atoms with E-state index < -0.39 is 0 Å². The normalized spacial score (nSPS) is 11.6. The number of hydrogen-bond acceptors (Lipinski definition) is 5. The highest BCUT2D eigenvalue weighted by Gasteiger charge is 2.17. The molecule has 0 unspecified atom stereocenters. The minimum atomic E-state index is 0.489. The molecule has 36 heavy (non-hydrogen) atoms. The predicted molar refractivity (Wildman–Crippen MR) is 145 cm³/mol. The summed E-state index contributed by atoms with van der Waals surface area (Å²) < 4.78 is 17.6. The van der Waals surface area contributed by atoms with Crippen molar-refractivity contribution in [3.05, 3.63) is 83.4 Å². The summed E-state index contributed by atoms with van der Waals surface area (Å²) in [6.07, 6.45) is 1.54. The van der Waals surface area contributed by atoms with Crippen molar-refractivity contribution in [3.63, 3.8) is 0 Å². The van der Waals surface area contributed by atoms with Crippen molar-refractivity contribution in [2.45, 2.75) is 46.2 Å². The maximum atomic E-state index is 11.3. The van der Waals surface area contributed by atoms with Crippen LogP contribution in [0.25, 0.3) is 22.3 Å². The molecule has 4 aromatic rings. The second-order valence-electron chi connectivity index (χ2n) is 9.61. The van der Waals surface area contributed by atoms with Gasteiger partial charge < -0.3 is 13.9 Å². The molecule has 0 radical (unpaired) electrons. The largest absolute Gasteiger partial charge is 0.497 e. The Morgan fingerprint density at radius 2 is 1.56 bits per heavy atom. The lowest BCUT2D eigenvalue weighted by molar-refractivity contribution is 0.112. The summed E-state index contributed by atoms with van der Waals surface area (Å²) in [5, 5.41) is 1.01. The number of benzene rings is 3. The maximum Gasteiger partial charge on any atom is 0.150 e. The van der Waals surface area contributed by atoms with Crippen LogP contribution in [0.1, 0.15) is 49.2 Å². The van der Waals surface area contributed by atoms with Crippen LogP contribution in [-0.4, -0.2) is 43.5 Å². The third kappa shape index (κ3) is 5.80. The Hall–Kier alpha value is -3.57. The lowest BCUT2D eigenvalue weighted by Gasteiger charge is -2.30. The molecule has 0 fully saturated rings. The number of carbonyl (C=O) groups is 1. The first-order chi connectivity index (χ1) is 17.4. The van der Waals surface area contributed by atoms with Crippen LogP contribution in [0.2, 0.25) is 0 Å². The van der Waals surface area contributed by atoms with Crippen molar-refractivity contribution in [3.8, 4) is 22.8 Å². The number of methoxy groups -OCH3 is 1. The zero-order chi connectivity index (χ0) is 25.7. The number of carbonyl (C=O) groups excluding carboxylic acids is 1. The van der Waals surface area contributed by atoms with Gasteiger partial charge in [0.2, 0.25) is 0 Å². The molecule has 0 saturated carbocycles. The topological polar surface area (TPSA) is 51.9 Å². The lowest BCUT2D eigenvalue weighted by atomic mass is 9.98. The van der Waals surface area contributed by atoms with Gasteiger partial charge >= 0.3 is 0 Å². The highest BCUT2D eigenvalue weighted by Crippen LogP contribution is 2.36. The molecule has 1 aromatic heterocycles. The van der Waals surface area contributed by atoms with Crippen LogP contribution in [0.4, 0.5) is 0 Å².